The molecule has 2 fully saturated rings. The summed E-state index contributed by atoms with van der Waals surface area (Å²) in [4.78, 5) is 37.9. The molecule has 1 N–H and O–H groups in total. The smallest absolute Gasteiger partial charge is 0.289 e. The fourth-order valence-corrected chi connectivity index (χ4v) is 4.03. The van der Waals surface area contributed by atoms with Crippen LogP contribution in [0, 0.1) is 6.92 Å². The largest absolute Gasteiger partial charge is 0.459 e. The first-order chi connectivity index (χ1) is 14.1. The van der Waals surface area contributed by atoms with E-state index >= 15 is 0 Å². The van der Waals surface area contributed by atoms with Gasteiger partial charge in [0.1, 0.15) is 17.3 Å². The summed E-state index contributed by atoms with van der Waals surface area (Å²) in [6, 6.07) is 5.40. The van der Waals surface area contributed by atoms with Gasteiger partial charge >= 0.3 is 0 Å². The van der Waals surface area contributed by atoms with Crippen molar-refractivity contribution in [1.29, 1.82) is 0 Å². The average molecular weight is 397 g/mol. The Morgan fingerprint density at radius 3 is 2.55 bits per heavy atom. The first kappa shape index (κ1) is 19.4. The third-order valence-corrected chi connectivity index (χ3v) is 5.62. The van der Waals surface area contributed by atoms with Gasteiger partial charge in [-0.1, -0.05) is 19.3 Å². The maximum absolute atomic E-state index is 12.7. The lowest BCUT2D eigenvalue weighted by Crippen LogP contribution is -2.49. The Morgan fingerprint density at radius 2 is 1.86 bits per heavy atom. The van der Waals surface area contributed by atoms with E-state index in [1.165, 1.54) is 25.5 Å². The van der Waals surface area contributed by atoms with E-state index in [0.29, 0.717) is 43.5 Å². The fourth-order valence-electron chi connectivity index (χ4n) is 4.03. The van der Waals surface area contributed by atoms with E-state index in [0.717, 1.165) is 18.7 Å². The summed E-state index contributed by atoms with van der Waals surface area (Å²) in [6.07, 6.45) is 7.16. The Balaban J connectivity index is 1.40. The van der Waals surface area contributed by atoms with Crippen LogP contribution < -0.4 is 10.2 Å². The standard InChI is InChI=1S/C21H27N5O3/c1-15-22-17(20(27)24-16-6-3-2-4-7-16)14-19(23-15)25-9-11-26(12-10-25)21(28)18-8-5-13-29-18/h5,8,13-14,16H,2-4,6-7,9-12H2,1H3,(H,24,27). The van der Waals surface area contributed by atoms with Gasteiger partial charge in [-0.25, -0.2) is 9.97 Å². The Morgan fingerprint density at radius 1 is 1.10 bits per heavy atom. The van der Waals surface area contributed by atoms with Gasteiger partial charge in [-0.15, -0.1) is 0 Å². The van der Waals surface area contributed by atoms with Crippen LogP contribution in [0.2, 0.25) is 0 Å². The van der Waals surface area contributed by atoms with Crippen molar-refractivity contribution in [2.75, 3.05) is 31.1 Å². The van der Waals surface area contributed by atoms with Crippen LogP contribution in [0.4, 0.5) is 5.82 Å². The number of piperazine rings is 1. The lowest BCUT2D eigenvalue weighted by molar-refractivity contribution is 0.0714. The highest BCUT2D eigenvalue weighted by Gasteiger charge is 2.25. The zero-order valence-corrected chi connectivity index (χ0v) is 16.8. The summed E-state index contributed by atoms with van der Waals surface area (Å²) in [6.45, 7) is 4.25. The van der Waals surface area contributed by atoms with Crippen molar-refractivity contribution in [2.24, 2.45) is 0 Å². The van der Waals surface area contributed by atoms with Crippen LogP contribution in [-0.4, -0.2) is 58.9 Å². The monoisotopic (exact) mass is 397 g/mol. The summed E-state index contributed by atoms with van der Waals surface area (Å²) in [5.41, 5.74) is 0.409. The highest BCUT2D eigenvalue weighted by atomic mass is 16.3. The van der Waals surface area contributed by atoms with Gasteiger partial charge in [-0.3, -0.25) is 9.59 Å². The van der Waals surface area contributed by atoms with Gasteiger partial charge in [-0.2, -0.15) is 0 Å². The van der Waals surface area contributed by atoms with Crippen LogP contribution in [0.3, 0.4) is 0 Å². The molecule has 8 heteroatoms. The molecule has 0 unspecified atom stereocenters. The van der Waals surface area contributed by atoms with Crippen LogP contribution in [0.5, 0.6) is 0 Å². The van der Waals surface area contributed by atoms with E-state index in [1.807, 2.05) is 0 Å². The van der Waals surface area contributed by atoms with Gasteiger partial charge in [0.05, 0.1) is 6.26 Å². The molecular formula is C21H27N5O3. The summed E-state index contributed by atoms with van der Waals surface area (Å²) in [5.74, 6) is 1.44. The van der Waals surface area contributed by atoms with Crippen LogP contribution in [0.1, 0.15) is 59.0 Å². The maximum atomic E-state index is 12.7. The number of carbonyl (C=O) groups is 2. The molecule has 1 aliphatic carbocycles. The van der Waals surface area contributed by atoms with E-state index in [-0.39, 0.29) is 17.9 Å². The minimum atomic E-state index is -0.129. The molecular weight excluding hydrogens is 370 g/mol. The summed E-state index contributed by atoms with van der Waals surface area (Å²) in [7, 11) is 0. The molecule has 2 aromatic heterocycles. The van der Waals surface area contributed by atoms with Gasteiger partial charge in [0.25, 0.3) is 11.8 Å². The van der Waals surface area contributed by atoms with Gasteiger partial charge < -0.3 is 19.5 Å². The average Bonchev–Trinajstić information content (AvgIpc) is 3.28. The van der Waals surface area contributed by atoms with Crippen molar-refractivity contribution in [3.63, 3.8) is 0 Å². The van der Waals surface area contributed by atoms with Crippen LogP contribution in [-0.2, 0) is 0 Å². The number of nitrogens with one attached hydrogen (secondary N) is 1. The molecule has 0 aromatic carbocycles. The first-order valence-corrected chi connectivity index (χ1v) is 10.3. The predicted octanol–water partition coefficient (Wildman–Crippen LogP) is 2.40. The molecule has 1 saturated carbocycles. The third kappa shape index (κ3) is 4.58. The van der Waals surface area contributed by atoms with Crippen LogP contribution in [0.15, 0.2) is 28.9 Å². The molecule has 2 amide bonds. The number of hydrogen-bond acceptors (Lipinski definition) is 6. The lowest BCUT2D eigenvalue weighted by atomic mass is 9.95. The topological polar surface area (TPSA) is 91.6 Å². The Kier molecular flexibility index (Phi) is 5.78. The molecule has 0 radical (unpaired) electrons. The molecule has 1 saturated heterocycles. The molecule has 3 heterocycles. The fraction of sp³-hybridized carbons (Fsp3) is 0.524. The molecule has 2 aromatic rings. The van der Waals surface area contributed by atoms with Crippen molar-refractivity contribution in [3.8, 4) is 0 Å². The zero-order valence-electron chi connectivity index (χ0n) is 16.8. The summed E-state index contributed by atoms with van der Waals surface area (Å²) < 4.78 is 5.21. The maximum Gasteiger partial charge on any atom is 0.289 e. The SMILES string of the molecule is Cc1nc(C(=O)NC2CCCCC2)cc(N2CCN(C(=O)c3ccco3)CC2)n1. The predicted molar refractivity (Wildman–Crippen MR) is 108 cm³/mol. The number of hydrogen-bond donors (Lipinski definition) is 1. The number of carbonyl (C=O) groups excluding carboxylic acids is 2. The zero-order chi connectivity index (χ0) is 20.2. The number of aromatic nitrogens is 2. The van der Waals surface area contributed by atoms with E-state index in [2.05, 4.69) is 20.2 Å². The van der Waals surface area contributed by atoms with E-state index in [4.69, 9.17) is 4.42 Å². The van der Waals surface area contributed by atoms with Crippen molar-refractivity contribution in [3.05, 3.63) is 41.7 Å². The quantitative estimate of drug-likeness (QED) is 0.852. The number of furan rings is 1. The van der Waals surface area contributed by atoms with Crippen molar-refractivity contribution < 1.29 is 14.0 Å². The lowest BCUT2D eigenvalue weighted by Gasteiger charge is -2.35. The molecule has 1 aliphatic heterocycles. The second-order valence-corrected chi connectivity index (χ2v) is 7.72. The molecule has 154 valence electrons. The second kappa shape index (κ2) is 8.63. The molecule has 0 atom stereocenters. The van der Waals surface area contributed by atoms with Gasteiger partial charge in [-0.05, 0) is 31.9 Å². The number of aryl methyl sites for hydroxylation is 1. The number of rotatable bonds is 4. The van der Waals surface area contributed by atoms with Gasteiger partial charge in [0.15, 0.2) is 5.76 Å². The van der Waals surface area contributed by atoms with Crippen LogP contribution >= 0.6 is 0 Å². The van der Waals surface area contributed by atoms with E-state index in [1.54, 1.807) is 30.0 Å². The molecule has 0 spiro atoms. The van der Waals surface area contributed by atoms with Gasteiger partial charge in [0.2, 0.25) is 0 Å². The van der Waals surface area contributed by atoms with Crippen molar-refractivity contribution in [2.45, 2.75) is 45.1 Å². The Bertz CT molecular complexity index is 853. The molecule has 0 bridgehead atoms. The summed E-state index contributed by atoms with van der Waals surface area (Å²) in [5, 5.41) is 3.12. The first-order valence-electron chi connectivity index (χ1n) is 10.3. The van der Waals surface area contributed by atoms with Gasteiger partial charge in [0, 0.05) is 38.3 Å². The van der Waals surface area contributed by atoms with E-state index < -0.39 is 0 Å². The molecule has 29 heavy (non-hydrogen) atoms. The normalized spacial score (nSPS) is 18.0. The molecule has 2 aliphatic rings. The van der Waals surface area contributed by atoms with E-state index in [9.17, 15) is 9.59 Å². The highest BCUT2D eigenvalue weighted by Crippen LogP contribution is 2.19. The van der Waals surface area contributed by atoms with Crippen molar-refractivity contribution in [1.82, 2.24) is 20.2 Å². The summed E-state index contributed by atoms with van der Waals surface area (Å²) >= 11 is 0. The van der Waals surface area contributed by atoms with Crippen molar-refractivity contribution >= 4 is 17.6 Å². The Labute approximate surface area is 170 Å². The highest BCUT2D eigenvalue weighted by molar-refractivity contribution is 5.93. The molecule has 4 rings (SSSR count). The third-order valence-electron chi connectivity index (χ3n) is 5.62. The van der Waals surface area contributed by atoms with Crippen LogP contribution in [0.25, 0.3) is 0 Å². The molecule has 8 nitrogen and oxygen atoms in total. The number of nitrogens with zero attached hydrogens (tertiary/aromatic N) is 4. The minimum absolute atomic E-state index is 0.0962. The number of amides is 2. The second-order valence-electron chi connectivity index (χ2n) is 7.72. The number of anilines is 1. The Hall–Kier alpha value is -2.90. The minimum Gasteiger partial charge on any atom is -0.459 e.